The molecule has 0 fully saturated rings. The lowest BCUT2D eigenvalue weighted by molar-refractivity contribution is 0.0686. The largest absolute Gasteiger partial charge is 0.501 e. The topological polar surface area (TPSA) is 154 Å². The lowest BCUT2D eigenvalue weighted by Crippen LogP contribution is -2.19. The molecule has 148 valence electrons. The Balaban J connectivity index is 1.82. The number of ether oxygens (including phenoxy) is 1. The molecule has 0 bridgehead atoms. The molecule has 3 aromatic rings. The highest BCUT2D eigenvalue weighted by atomic mass is 16.5. The number of H-pyrrole nitrogens is 1. The molecule has 0 saturated heterocycles. The average Bonchev–Trinajstić information content (AvgIpc) is 2.70. The number of hydrogen-bond acceptors (Lipinski definition) is 6. The summed E-state index contributed by atoms with van der Waals surface area (Å²) in [4.78, 5) is 41.2. The molecule has 0 saturated carbocycles. The van der Waals surface area contributed by atoms with Crippen molar-refractivity contribution in [3.8, 4) is 22.9 Å². The van der Waals surface area contributed by atoms with Gasteiger partial charge in [-0.15, -0.1) is 0 Å². The third-order valence-electron chi connectivity index (χ3n) is 3.82. The summed E-state index contributed by atoms with van der Waals surface area (Å²) in [6, 6.07) is 12.5. The number of nitrogens with zero attached hydrogens (tertiary/aromatic N) is 1. The molecular formula is C19H16N4O6. The van der Waals surface area contributed by atoms with Gasteiger partial charge >= 0.3 is 12.0 Å². The highest BCUT2D eigenvalue weighted by Crippen LogP contribution is 2.21. The van der Waals surface area contributed by atoms with Gasteiger partial charge in [0.2, 0.25) is 5.75 Å². The van der Waals surface area contributed by atoms with E-state index in [1.165, 1.54) is 13.2 Å². The van der Waals surface area contributed by atoms with Crippen LogP contribution in [0.15, 0.2) is 53.3 Å². The van der Waals surface area contributed by atoms with E-state index in [0.717, 1.165) is 0 Å². The molecule has 29 heavy (non-hydrogen) atoms. The third-order valence-corrected chi connectivity index (χ3v) is 3.82. The molecular weight excluding hydrogens is 380 g/mol. The van der Waals surface area contributed by atoms with Gasteiger partial charge in [0, 0.05) is 23.0 Å². The lowest BCUT2D eigenvalue weighted by atomic mass is 10.2. The van der Waals surface area contributed by atoms with E-state index in [2.05, 4.69) is 20.6 Å². The van der Waals surface area contributed by atoms with Gasteiger partial charge in [-0.05, 0) is 24.3 Å². The first kappa shape index (κ1) is 19.4. The van der Waals surface area contributed by atoms with Crippen LogP contribution < -0.4 is 20.9 Å². The summed E-state index contributed by atoms with van der Waals surface area (Å²) >= 11 is 0. The Hall–Kier alpha value is -4.34. The van der Waals surface area contributed by atoms with E-state index >= 15 is 0 Å². The maximum absolute atomic E-state index is 12.2. The number of aromatic nitrogens is 2. The zero-order valence-corrected chi connectivity index (χ0v) is 15.1. The summed E-state index contributed by atoms with van der Waals surface area (Å²) in [6.07, 6.45) is 0. The molecule has 10 nitrogen and oxygen atoms in total. The van der Waals surface area contributed by atoms with Crippen LogP contribution in [0.2, 0.25) is 0 Å². The number of carbonyl (C=O) groups is 2. The molecule has 2 amide bonds. The number of carboxylic acid groups (broad SMARTS) is 1. The Kier molecular flexibility index (Phi) is 5.44. The molecule has 0 spiro atoms. The van der Waals surface area contributed by atoms with Gasteiger partial charge in [0.25, 0.3) is 5.56 Å². The molecule has 0 radical (unpaired) electrons. The molecule has 2 aromatic carbocycles. The number of rotatable bonds is 5. The fraction of sp³-hybridized carbons (Fsp3) is 0.0526. The Morgan fingerprint density at radius 2 is 1.72 bits per heavy atom. The van der Waals surface area contributed by atoms with Crippen molar-refractivity contribution < 1.29 is 24.5 Å². The molecule has 0 aliphatic rings. The van der Waals surface area contributed by atoms with Gasteiger partial charge in [0.15, 0.2) is 5.69 Å². The Labute approximate surface area is 163 Å². The number of methoxy groups -OCH3 is 1. The van der Waals surface area contributed by atoms with Gasteiger partial charge in [-0.25, -0.2) is 14.6 Å². The molecule has 0 atom stereocenters. The van der Waals surface area contributed by atoms with E-state index in [0.29, 0.717) is 22.7 Å². The van der Waals surface area contributed by atoms with Crippen LogP contribution in [-0.2, 0) is 0 Å². The number of amides is 2. The summed E-state index contributed by atoms with van der Waals surface area (Å²) < 4.78 is 5.10. The number of carbonyl (C=O) groups excluding carboxylic acids is 1. The molecule has 5 N–H and O–H groups in total. The zero-order valence-electron chi connectivity index (χ0n) is 15.1. The molecule has 0 aliphatic carbocycles. The van der Waals surface area contributed by atoms with Crippen molar-refractivity contribution in [2.45, 2.75) is 0 Å². The SMILES string of the molecule is COc1cccc(NC(=O)Nc2cccc(-c3nc(C(=O)O)c(O)c(=O)[nH]3)c2)c1. The Bertz CT molecular complexity index is 1140. The number of nitrogens with one attached hydrogen (secondary N) is 3. The summed E-state index contributed by atoms with van der Waals surface area (Å²) in [5.41, 5.74) is -0.521. The molecule has 3 rings (SSSR count). The van der Waals surface area contributed by atoms with Crippen LogP contribution in [0.1, 0.15) is 10.5 Å². The smallest absolute Gasteiger partial charge is 0.358 e. The van der Waals surface area contributed by atoms with Gasteiger partial charge in [0.05, 0.1) is 7.11 Å². The fourth-order valence-electron chi connectivity index (χ4n) is 2.49. The highest BCUT2D eigenvalue weighted by molar-refractivity contribution is 6.00. The van der Waals surface area contributed by atoms with Crippen molar-refractivity contribution >= 4 is 23.4 Å². The van der Waals surface area contributed by atoms with Crippen molar-refractivity contribution in [1.29, 1.82) is 0 Å². The van der Waals surface area contributed by atoms with Gasteiger partial charge in [-0.1, -0.05) is 18.2 Å². The minimum absolute atomic E-state index is 0.0675. The Morgan fingerprint density at radius 1 is 1.07 bits per heavy atom. The minimum atomic E-state index is -1.54. The normalized spacial score (nSPS) is 10.2. The van der Waals surface area contributed by atoms with Crippen LogP contribution in [0.4, 0.5) is 16.2 Å². The summed E-state index contributed by atoms with van der Waals surface area (Å²) in [6.45, 7) is 0. The second kappa shape index (κ2) is 8.13. The van der Waals surface area contributed by atoms with Crippen molar-refractivity contribution in [3.63, 3.8) is 0 Å². The van der Waals surface area contributed by atoms with Gasteiger partial charge in [-0.2, -0.15) is 0 Å². The monoisotopic (exact) mass is 396 g/mol. The second-order valence-corrected chi connectivity index (χ2v) is 5.81. The average molecular weight is 396 g/mol. The third kappa shape index (κ3) is 4.50. The zero-order chi connectivity index (χ0) is 21.0. The van der Waals surface area contributed by atoms with E-state index in [4.69, 9.17) is 9.84 Å². The lowest BCUT2D eigenvalue weighted by Gasteiger charge is -2.10. The van der Waals surface area contributed by atoms with E-state index in [-0.39, 0.29) is 5.82 Å². The number of urea groups is 1. The molecule has 1 heterocycles. The van der Waals surface area contributed by atoms with Crippen molar-refractivity contribution in [2.24, 2.45) is 0 Å². The van der Waals surface area contributed by atoms with E-state index < -0.39 is 29.0 Å². The van der Waals surface area contributed by atoms with Crippen LogP contribution in [0, 0.1) is 0 Å². The Morgan fingerprint density at radius 3 is 2.38 bits per heavy atom. The number of anilines is 2. The highest BCUT2D eigenvalue weighted by Gasteiger charge is 2.17. The number of hydrogen-bond donors (Lipinski definition) is 5. The number of carboxylic acids is 1. The summed E-state index contributed by atoms with van der Waals surface area (Å²) in [5.74, 6) is -2.00. The maximum atomic E-state index is 12.2. The number of aromatic amines is 1. The van der Waals surface area contributed by atoms with Crippen LogP contribution >= 0.6 is 0 Å². The first-order valence-electron chi connectivity index (χ1n) is 8.26. The van der Waals surface area contributed by atoms with Crippen LogP contribution in [0.5, 0.6) is 11.5 Å². The number of aromatic carboxylic acids is 1. The first-order chi connectivity index (χ1) is 13.9. The summed E-state index contributed by atoms with van der Waals surface area (Å²) in [7, 11) is 1.52. The number of benzene rings is 2. The predicted octanol–water partition coefficient (Wildman–Crippen LogP) is 2.49. The fourth-order valence-corrected chi connectivity index (χ4v) is 2.49. The second-order valence-electron chi connectivity index (χ2n) is 5.81. The van der Waals surface area contributed by atoms with E-state index in [1.54, 1.807) is 42.5 Å². The van der Waals surface area contributed by atoms with E-state index in [1.807, 2.05) is 0 Å². The predicted molar refractivity (Wildman–Crippen MR) is 105 cm³/mol. The van der Waals surface area contributed by atoms with Crippen LogP contribution in [0.25, 0.3) is 11.4 Å². The van der Waals surface area contributed by atoms with E-state index in [9.17, 15) is 19.5 Å². The molecule has 10 heteroatoms. The molecule has 0 unspecified atom stereocenters. The minimum Gasteiger partial charge on any atom is -0.501 e. The van der Waals surface area contributed by atoms with Crippen molar-refractivity contribution in [2.75, 3.05) is 17.7 Å². The standard InChI is InChI=1S/C19H16N4O6/c1-29-13-7-3-6-12(9-13)21-19(28)20-11-5-2-4-10(8-11)16-22-14(18(26)27)15(24)17(25)23-16/h2-9,24H,1H3,(H,26,27)(H2,20,21,28)(H,22,23,25). The molecule has 1 aromatic heterocycles. The van der Waals surface area contributed by atoms with Gasteiger partial charge in [0.1, 0.15) is 11.6 Å². The maximum Gasteiger partial charge on any atom is 0.358 e. The molecule has 0 aliphatic heterocycles. The van der Waals surface area contributed by atoms with Gasteiger partial charge in [-0.3, -0.25) is 4.79 Å². The van der Waals surface area contributed by atoms with Crippen molar-refractivity contribution in [1.82, 2.24) is 9.97 Å². The van der Waals surface area contributed by atoms with Crippen molar-refractivity contribution in [3.05, 3.63) is 64.6 Å². The van der Waals surface area contributed by atoms with Crippen LogP contribution in [0.3, 0.4) is 0 Å². The summed E-state index contributed by atoms with van der Waals surface area (Å²) in [5, 5.41) is 23.9. The quantitative estimate of drug-likeness (QED) is 0.444. The van der Waals surface area contributed by atoms with Crippen LogP contribution in [-0.4, -0.2) is 39.3 Å². The number of aromatic hydroxyl groups is 1. The van der Waals surface area contributed by atoms with Gasteiger partial charge < -0.3 is 30.6 Å². The first-order valence-corrected chi connectivity index (χ1v) is 8.26.